The van der Waals surface area contributed by atoms with Crippen LogP contribution in [-0.4, -0.2) is 19.6 Å². The van der Waals surface area contributed by atoms with E-state index in [-0.39, 0.29) is 18.3 Å². The van der Waals surface area contributed by atoms with E-state index in [9.17, 15) is 17.2 Å². The average Bonchev–Trinajstić information content (AvgIpc) is 1.98. The molecule has 2 fully saturated rings. The molecule has 0 saturated heterocycles. The van der Waals surface area contributed by atoms with E-state index >= 15 is 0 Å². The minimum atomic E-state index is -3.49. The molecule has 2 aliphatic rings. The summed E-state index contributed by atoms with van der Waals surface area (Å²) in [5.74, 6) is -2.55. The molecule has 0 aromatic rings. The monoisotopic (exact) mass is 258 g/mol. The van der Waals surface area contributed by atoms with Gasteiger partial charge in [-0.05, 0) is 31.1 Å². The molecule has 15 heavy (non-hydrogen) atoms. The van der Waals surface area contributed by atoms with Crippen LogP contribution in [0.4, 0.5) is 8.78 Å². The van der Waals surface area contributed by atoms with Crippen molar-refractivity contribution in [3.63, 3.8) is 0 Å². The van der Waals surface area contributed by atoms with E-state index in [0.717, 1.165) is 0 Å². The van der Waals surface area contributed by atoms with Crippen LogP contribution in [0.15, 0.2) is 0 Å². The number of alkyl halides is 2. The zero-order valence-corrected chi connectivity index (χ0v) is 9.75. The molecule has 2 nitrogen and oxygen atoms in total. The largest absolute Gasteiger partial charge is 0.248 e. The van der Waals surface area contributed by atoms with Crippen molar-refractivity contribution < 1.29 is 17.2 Å². The van der Waals surface area contributed by atoms with Crippen LogP contribution in [0, 0.1) is 5.41 Å². The summed E-state index contributed by atoms with van der Waals surface area (Å²) < 4.78 is 47.8. The number of hydrogen-bond donors (Lipinski definition) is 0. The Kier molecular flexibility index (Phi) is 2.54. The smallest absolute Gasteiger partial charge is 0.212 e. The average molecular weight is 259 g/mol. The fourth-order valence-electron chi connectivity index (χ4n) is 2.66. The van der Waals surface area contributed by atoms with Crippen molar-refractivity contribution in [3.8, 4) is 0 Å². The summed E-state index contributed by atoms with van der Waals surface area (Å²) in [6.45, 7) is 0. The van der Waals surface area contributed by atoms with Crippen molar-refractivity contribution >= 4 is 19.7 Å². The summed E-state index contributed by atoms with van der Waals surface area (Å²) in [7, 11) is 1.73. The van der Waals surface area contributed by atoms with Crippen molar-refractivity contribution in [1.82, 2.24) is 0 Å². The van der Waals surface area contributed by atoms with Crippen LogP contribution in [0.1, 0.15) is 38.5 Å². The molecule has 0 radical (unpaired) electrons. The molecule has 0 unspecified atom stereocenters. The molecular formula is C9H13ClF2O2S. The molecule has 2 rings (SSSR count). The van der Waals surface area contributed by atoms with Gasteiger partial charge in [0.2, 0.25) is 15.0 Å². The van der Waals surface area contributed by atoms with E-state index in [1.54, 1.807) is 0 Å². The molecule has 0 amide bonds. The molecule has 2 aliphatic carbocycles. The summed E-state index contributed by atoms with van der Waals surface area (Å²) in [5.41, 5.74) is -0.158. The SMILES string of the molecule is O=S(=O)(Cl)C1CC2(CCC(F)(F)CC2)C1. The second-order valence-corrected chi connectivity index (χ2v) is 7.77. The summed E-state index contributed by atoms with van der Waals surface area (Å²) in [5, 5.41) is -0.508. The maximum atomic E-state index is 12.9. The van der Waals surface area contributed by atoms with E-state index < -0.39 is 20.2 Å². The molecule has 0 aromatic carbocycles. The highest BCUT2D eigenvalue weighted by atomic mass is 35.7. The molecule has 0 bridgehead atoms. The Balaban J connectivity index is 1.94. The van der Waals surface area contributed by atoms with Crippen LogP contribution in [0.25, 0.3) is 0 Å². The summed E-state index contributed by atoms with van der Waals surface area (Å²) >= 11 is 0. The molecule has 0 atom stereocenters. The van der Waals surface area contributed by atoms with Gasteiger partial charge in [0.15, 0.2) is 0 Å². The highest BCUT2D eigenvalue weighted by molar-refractivity contribution is 8.14. The fourth-order valence-corrected chi connectivity index (χ4v) is 4.14. The molecular weight excluding hydrogens is 246 g/mol. The van der Waals surface area contributed by atoms with Gasteiger partial charge in [0.05, 0.1) is 5.25 Å². The van der Waals surface area contributed by atoms with Gasteiger partial charge >= 0.3 is 0 Å². The molecule has 1 spiro atoms. The predicted octanol–water partition coefficient (Wildman–Crippen LogP) is 2.91. The van der Waals surface area contributed by atoms with Crippen LogP contribution in [0.5, 0.6) is 0 Å². The van der Waals surface area contributed by atoms with Gasteiger partial charge in [0.1, 0.15) is 0 Å². The Morgan fingerprint density at radius 1 is 1.07 bits per heavy atom. The van der Waals surface area contributed by atoms with Gasteiger partial charge in [0, 0.05) is 23.5 Å². The van der Waals surface area contributed by atoms with Gasteiger partial charge in [0.25, 0.3) is 0 Å². The molecule has 0 aromatic heterocycles. The second kappa shape index (κ2) is 3.29. The van der Waals surface area contributed by atoms with Crippen LogP contribution >= 0.6 is 10.7 Å². The lowest BCUT2D eigenvalue weighted by Crippen LogP contribution is -2.47. The number of rotatable bonds is 1. The van der Waals surface area contributed by atoms with Gasteiger partial charge in [-0.25, -0.2) is 17.2 Å². The van der Waals surface area contributed by atoms with Crippen LogP contribution in [0.2, 0.25) is 0 Å². The van der Waals surface area contributed by atoms with Crippen LogP contribution in [-0.2, 0) is 9.05 Å². The van der Waals surface area contributed by atoms with Gasteiger partial charge in [-0.2, -0.15) is 0 Å². The first kappa shape index (κ1) is 11.6. The summed E-state index contributed by atoms with van der Waals surface area (Å²) in [6.07, 6.45) is 1.58. The topological polar surface area (TPSA) is 34.1 Å². The second-order valence-electron chi connectivity index (χ2n) is 4.86. The van der Waals surface area contributed by atoms with E-state index in [1.807, 2.05) is 0 Å². The van der Waals surface area contributed by atoms with Crippen molar-refractivity contribution in [2.75, 3.05) is 0 Å². The third-order valence-electron chi connectivity index (χ3n) is 3.76. The van der Waals surface area contributed by atoms with Gasteiger partial charge in [-0.15, -0.1) is 0 Å². The zero-order chi connectivity index (χ0) is 11.3. The maximum absolute atomic E-state index is 12.9. The summed E-state index contributed by atoms with van der Waals surface area (Å²) in [6, 6.07) is 0. The number of halogens is 3. The molecule has 2 saturated carbocycles. The Bertz CT molecular complexity index is 348. The molecule has 0 N–H and O–H groups in total. The van der Waals surface area contributed by atoms with Gasteiger partial charge in [-0.3, -0.25) is 0 Å². The minimum Gasteiger partial charge on any atom is -0.212 e. The molecule has 0 aliphatic heterocycles. The lowest BCUT2D eigenvalue weighted by Gasteiger charge is -2.50. The van der Waals surface area contributed by atoms with Gasteiger partial charge in [-0.1, -0.05) is 0 Å². The third kappa shape index (κ3) is 2.28. The van der Waals surface area contributed by atoms with E-state index in [4.69, 9.17) is 10.7 Å². The van der Waals surface area contributed by atoms with E-state index in [0.29, 0.717) is 25.7 Å². The van der Waals surface area contributed by atoms with E-state index in [1.165, 1.54) is 0 Å². The Morgan fingerprint density at radius 3 is 1.93 bits per heavy atom. The number of hydrogen-bond acceptors (Lipinski definition) is 2. The fraction of sp³-hybridized carbons (Fsp3) is 1.00. The normalized spacial score (nSPS) is 30.1. The third-order valence-corrected chi connectivity index (χ3v) is 5.65. The Morgan fingerprint density at radius 2 is 1.53 bits per heavy atom. The predicted molar refractivity (Wildman–Crippen MR) is 53.6 cm³/mol. The van der Waals surface area contributed by atoms with Gasteiger partial charge < -0.3 is 0 Å². The lowest BCUT2D eigenvalue weighted by atomic mass is 9.60. The van der Waals surface area contributed by atoms with E-state index in [2.05, 4.69) is 0 Å². The van der Waals surface area contributed by atoms with Crippen LogP contribution in [0.3, 0.4) is 0 Å². The molecule has 88 valence electrons. The van der Waals surface area contributed by atoms with Crippen molar-refractivity contribution in [2.24, 2.45) is 5.41 Å². The summed E-state index contributed by atoms with van der Waals surface area (Å²) in [4.78, 5) is 0. The minimum absolute atomic E-state index is 0.109. The Labute approximate surface area is 92.4 Å². The Hall–Kier alpha value is 0.1000. The van der Waals surface area contributed by atoms with Crippen molar-refractivity contribution in [1.29, 1.82) is 0 Å². The zero-order valence-electron chi connectivity index (χ0n) is 8.18. The highest BCUT2D eigenvalue weighted by Crippen LogP contribution is 2.56. The lowest BCUT2D eigenvalue weighted by molar-refractivity contribution is -0.0850. The van der Waals surface area contributed by atoms with Crippen molar-refractivity contribution in [3.05, 3.63) is 0 Å². The standard InChI is InChI=1S/C9H13ClF2O2S/c10-15(13,14)7-5-8(6-7)1-3-9(11,12)4-2-8/h7H,1-6H2. The molecule has 0 heterocycles. The van der Waals surface area contributed by atoms with Crippen molar-refractivity contribution in [2.45, 2.75) is 49.7 Å². The maximum Gasteiger partial charge on any atom is 0.248 e. The first-order valence-electron chi connectivity index (χ1n) is 5.04. The quantitative estimate of drug-likeness (QED) is 0.678. The molecule has 6 heteroatoms. The van der Waals surface area contributed by atoms with Crippen LogP contribution < -0.4 is 0 Å². The first-order valence-corrected chi connectivity index (χ1v) is 7.41. The first-order chi connectivity index (χ1) is 6.73. The highest BCUT2D eigenvalue weighted by Gasteiger charge is 2.53.